The second-order valence-corrected chi connectivity index (χ2v) is 9.62. The highest BCUT2D eigenvalue weighted by atomic mass is 32.1. The number of thiol groups is 1. The second-order valence-electron chi connectivity index (χ2n) is 9.30. The Bertz CT molecular complexity index is 1150. The highest BCUT2D eigenvalue weighted by Crippen LogP contribution is 2.53. The van der Waals surface area contributed by atoms with Gasteiger partial charge < -0.3 is 25.8 Å². The van der Waals surface area contributed by atoms with Gasteiger partial charge in [0.15, 0.2) is 11.4 Å². The average Bonchev–Trinajstić information content (AvgIpc) is 3.17. The minimum absolute atomic E-state index is 0.325. The number of nitrogens with zero attached hydrogens (tertiary/aromatic N) is 1. The molecule has 5 N–H and O–H groups in total. The van der Waals surface area contributed by atoms with Crippen LogP contribution in [0, 0.1) is 11.7 Å². The molecule has 0 bridgehead atoms. The second kappa shape index (κ2) is 13.0. The lowest BCUT2D eigenvalue weighted by atomic mass is 9.77. The molecular weight excluding hydrogens is 542 g/mol. The van der Waals surface area contributed by atoms with Gasteiger partial charge in [0.2, 0.25) is 0 Å². The van der Waals surface area contributed by atoms with Crippen molar-refractivity contribution in [1.29, 1.82) is 0 Å². The molecule has 2 heterocycles. The largest absolute Gasteiger partial charge is 0.417 e. The maximum atomic E-state index is 14.3. The lowest BCUT2D eigenvalue weighted by Gasteiger charge is -2.31. The van der Waals surface area contributed by atoms with E-state index in [2.05, 4.69) is 33.2 Å². The summed E-state index contributed by atoms with van der Waals surface area (Å²) in [5, 5.41) is 5.44. The molecule has 1 aromatic carbocycles. The van der Waals surface area contributed by atoms with Gasteiger partial charge in [0.25, 0.3) is 11.8 Å². The van der Waals surface area contributed by atoms with Gasteiger partial charge in [0.1, 0.15) is 11.8 Å². The number of halogens is 4. The fraction of sp³-hybridized carbons (Fsp3) is 0.480. The van der Waals surface area contributed by atoms with Gasteiger partial charge in [0, 0.05) is 31.5 Å². The van der Waals surface area contributed by atoms with E-state index in [0.717, 1.165) is 18.6 Å². The van der Waals surface area contributed by atoms with Crippen LogP contribution < -0.4 is 21.1 Å². The van der Waals surface area contributed by atoms with Gasteiger partial charge in [-0.05, 0) is 24.1 Å². The summed E-state index contributed by atoms with van der Waals surface area (Å²) in [5.74, 6) is -5.13. The van der Waals surface area contributed by atoms with Gasteiger partial charge in [-0.25, -0.2) is 9.37 Å². The Morgan fingerprint density at radius 1 is 1.21 bits per heavy atom. The van der Waals surface area contributed by atoms with Crippen LogP contribution in [-0.2, 0) is 20.8 Å². The number of ether oxygens (including phenoxy) is 2. The minimum atomic E-state index is -4.78. The molecular formula is C25H31F4N5O4S. The topological polar surface area (TPSA) is 128 Å². The standard InChI is InChI=1S/C25H31F4N5O4S/c1-14-20(16-5-3-15(4-6-16)12-31-7-9-37-10-8-33-39)21(38-24(14,2)25(27,28)29)23(36)34-18-11-19(22(30)35)32-13-17(18)26/h3-6,11,13-14,20-21,31,33,39H,7-10,12H2,1-2H3,(H2,30,35)(H,32,34,36)/t14-,20-,21+,24+/m0/s1. The molecule has 1 aliphatic rings. The van der Waals surface area contributed by atoms with Crippen molar-refractivity contribution in [1.82, 2.24) is 15.0 Å². The maximum Gasteiger partial charge on any atom is 0.417 e. The van der Waals surface area contributed by atoms with Gasteiger partial charge >= 0.3 is 6.18 Å². The van der Waals surface area contributed by atoms with Gasteiger partial charge in [-0.15, -0.1) is 0 Å². The first-order chi connectivity index (χ1) is 18.4. The minimum Gasteiger partial charge on any atom is -0.379 e. The zero-order valence-corrected chi connectivity index (χ0v) is 22.2. The van der Waals surface area contributed by atoms with Crippen LogP contribution in [0.5, 0.6) is 0 Å². The zero-order valence-electron chi connectivity index (χ0n) is 21.3. The molecule has 0 aliphatic carbocycles. The predicted octanol–water partition coefficient (Wildman–Crippen LogP) is 2.94. The molecule has 1 aromatic heterocycles. The molecule has 4 atom stereocenters. The average molecular weight is 574 g/mol. The van der Waals surface area contributed by atoms with Crippen LogP contribution in [-0.4, -0.2) is 61.0 Å². The van der Waals surface area contributed by atoms with Crippen molar-refractivity contribution in [3.05, 3.63) is 59.2 Å². The summed E-state index contributed by atoms with van der Waals surface area (Å²) >= 11 is 3.87. The number of rotatable bonds is 12. The van der Waals surface area contributed by atoms with Crippen molar-refractivity contribution in [2.45, 2.75) is 44.2 Å². The van der Waals surface area contributed by atoms with Gasteiger partial charge in [-0.1, -0.05) is 44.0 Å². The summed E-state index contributed by atoms with van der Waals surface area (Å²) in [6.07, 6.45) is -5.71. The number of benzene rings is 1. The highest BCUT2D eigenvalue weighted by molar-refractivity contribution is 7.78. The van der Waals surface area contributed by atoms with Crippen molar-refractivity contribution < 1.29 is 36.6 Å². The van der Waals surface area contributed by atoms with Crippen LogP contribution in [0.3, 0.4) is 0 Å². The number of anilines is 1. The number of carbonyl (C=O) groups excluding carboxylic acids is 2. The van der Waals surface area contributed by atoms with E-state index in [1.165, 1.54) is 6.92 Å². The molecule has 2 amide bonds. The van der Waals surface area contributed by atoms with Crippen LogP contribution in [0.25, 0.3) is 0 Å². The number of hydrogen-bond donors (Lipinski definition) is 5. The number of amides is 2. The number of aromatic nitrogens is 1. The summed E-state index contributed by atoms with van der Waals surface area (Å²) in [7, 11) is 0. The van der Waals surface area contributed by atoms with E-state index in [4.69, 9.17) is 15.2 Å². The van der Waals surface area contributed by atoms with E-state index in [1.54, 1.807) is 24.3 Å². The fourth-order valence-electron chi connectivity index (χ4n) is 4.38. The lowest BCUT2D eigenvalue weighted by molar-refractivity contribution is -0.272. The Kier molecular flexibility index (Phi) is 10.3. The Morgan fingerprint density at radius 3 is 2.49 bits per heavy atom. The Labute approximate surface area is 228 Å². The van der Waals surface area contributed by atoms with E-state index >= 15 is 0 Å². The third-order valence-corrected chi connectivity index (χ3v) is 6.99. The van der Waals surface area contributed by atoms with Crippen molar-refractivity contribution in [3.63, 3.8) is 0 Å². The zero-order chi connectivity index (χ0) is 28.8. The van der Waals surface area contributed by atoms with Gasteiger partial charge in [0.05, 0.1) is 25.1 Å². The monoisotopic (exact) mass is 573 g/mol. The molecule has 0 spiro atoms. The number of nitrogens with one attached hydrogen (secondary N) is 3. The molecule has 39 heavy (non-hydrogen) atoms. The molecule has 3 rings (SSSR count). The molecule has 0 unspecified atom stereocenters. The van der Waals surface area contributed by atoms with Crippen molar-refractivity contribution in [3.8, 4) is 0 Å². The first kappa shape index (κ1) is 30.8. The number of alkyl halides is 3. The third-order valence-electron chi connectivity index (χ3n) is 6.77. The summed E-state index contributed by atoms with van der Waals surface area (Å²) in [4.78, 5) is 28.1. The molecule has 1 fully saturated rings. The smallest absolute Gasteiger partial charge is 0.379 e. The van der Waals surface area contributed by atoms with Crippen LogP contribution in [0.15, 0.2) is 36.5 Å². The summed E-state index contributed by atoms with van der Waals surface area (Å²) in [6.45, 7) is 4.98. The van der Waals surface area contributed by atoms with E-state index < -0.39 is 53.0 Å². The van der Waals surface area contributed by atoms with Crippen LogP contribution in [0.2, 0.25) is 0 Å². The normalized spacial score (nSPS) is 23.1. The van der Waals surface area contributed by atoms with Gasteiger partial charge in [-0.2, -0.15) is 13.2 Å². The quantitative estimate of drug-likeness (QED) is 0.150. The molecule has 214 valence electrons. The van der Waals surface area contributed by atoms with Crippen molar-refractivity contribution in [2.75, 3.05) is 31.6 Å². The Hall–Kier alpha value is -2.78. The summed E-state index contributed by atoms with van der Waals surface area (Å²) in [6, 6.07) is 7.71. The highest BCUT2D eigenvalue weighted by Gasteiger charge is 2.65. The summed E-state index contributed by atoms with van der Waals surface area (Å²) in [5.41, 5.74) is 3.07. The van der Waals surface area contributed by atoms with E-state index in [0.29, 0.717) is 44.6 Å². The van der Waals surface area contributed by atoms with Crippen LogP contribution >= 0.6 is 12.8 Å². The first-order valence-electron chi connectivity index (χ1n) is 12.1. The third kappa shape index (κ3) is 7.25. The first-order valence-corrected chi connectivity index (χ1v) is 12.6. The SMILES string of the molecule is C[C@H]1[C@@H](c2ccc(CNCCOCCNS)cc2)[C@H](C(=O)Nc2cc(C(N)=O)ncc2F)O[C@@]1(C)C(F)(F)F. The Balaban J connectivity index is 1.79. The van der Waals surface area contributed by atoms with E-state index in [1.807, 2.05) is 0 Å². The molecule has 14 heteroatoms. The van der Waals surface area contributed by atoms with Crippen molar-refractivity contribution >= 4 is 30.3 Å². The molecule has 0 radical (unpaired) electrons. The van der Waals surface area contributed by atoms with E-state index in [-0.39, 0.29) is 5.69 Å². The molecule has 0 saturated carbocycles. The number of carbonyl (C=O) groups is 2. The van der Waals surface area contributed by atoms with Gasteiger partial charge in [-0.3, -0.25) is 14.3 Å². The molecule has 9 nitrogen and oxygen atoms in total. The Morgan fingerprint density at radius 2 is 1.87 bits per heavy atom. The number of nitrogens with two attached hydrogens (primary N) is 1. The number of hydrogen-bond acceptors (Lipinski definition) is 8. The van der Waals surface area contributed by atoms with Crippen LogP contribution in [0.1, 0.15) is 41.4 Å². The lowest BCUT2D eigenvalue weighted by Crippen LogP contribution is -2.47. The van der Waals surface area contributed by atoms with Crippen molar-refractivity contribution in [2.24, 2.45) is 11.7 Å². The molecule has 1 aliphatic heterocycles. The van der Waals surface area contributed by atoms with E-state index in [9.17, 15) is 27.2 Å². The maximum absolute atomic E-state index is 14.3. The van der Waals surface area contributed by atoms with Crippen LogP contribution in [0.4, 0.5) is 23.2 Å². The summed E-state index contributed by atoms with van der Waals surface area (Å²) < 4.78 is 70.0. The molecule has 2 aromatic rings. The number of primary amides is 1. The molecule has 1 saturated heterocycles. The predicted molar refractivity (Wildman–Crippen MR) is 139 cm³/mol. The number of pyridine rings is 1. The fourth-order valence-corrected chi connectivity index (χ4v) is 4.47.